The number of nitrogens with zero attached hydrogens (tertiary/aromatic N) is 1. The van der Waals surface area contributed by atoms with E-state index in [1.54, 1.807) is 0 Å². The lowest BCUT2D eigenvalue weighted by molar-refractivity contribution is -0.124. The summed E-state index contributed by atoms with van der Waals surface area (Å²) >= 11 is 0. The molecule has 0 unspecified atom stereocenters. The molecule has 0 atom stereocenters. The molecule has 4 heteroatoms. The van der Waals surface area contributed by atoms with Gasteiger partial charge in [0.15, 0.2) is 0 Å². The minimum atomic E-state index is 0.0127. The second kappa shape index (κ2) is 5.20. The van der Waals surface area contributed by atoms with Gasteiger partial charge in [-0.15, -0.1) is 0 Å². The van der Waals surface area contributed by atoms with Crippen LogP contribution >= 0.6 is 0 Å². The minimum absolute atomic E-state index is 0.0127. The van der Waals surface area contributed by atoms with E-state index in [4.69, 9.17) is 5.84 Å². The van der Waals surface area contributed by atoms with Gasteiger partial charge in [0.1, 0.15) is 0 Å². The molecule has 0 saturated carbocycles. The number of carbonyl (C=O) groups is 1. The standard InChI is InChI=1S/C4H9N3O.C2H6/c5-7-2-1-6-4(8)3-7;1-2/h1-3,5H2,(H,6,8);1-2H3. The predicted octanol–water partition coefficient (Wildman–Crippen LogP) is -0.682. The number of piperazine rings is 1. The molecule has 0 aromatic carbocycles. The molecule has 0 aromatic heterocycles. The van der Waals surface area contributed by atoms with Crippen molar-refractivity contribution in [2.45, 2.75) is 13.8 Å². The van der Waals surface area contributed by atoms with Crippen molar-refractivity contribution in [2.75, 3.05) is 19.6 Å². The Kier molecular flexibility index (Phi) is 4.88. The number of hydrogen-bond donors (Lipinski definition) is 2. The Bertz CT molecular complexity index is 105. The molecule has 3 N–H and O–H groups in total. The highest BCUT2D eigenvalue weighted by molar-refractivity contribution is 5.78. The van der Waals surface area contributed by atoms with Gasteiger partial charge in [0.05, 0.1) is 6.54 Å². The van der Waals surface area contributed by atoms with Crippen LogP contribution in [0.5, 0.6) is 0 Å². The van der Waals surface area contributed by atoms with Crippen molar-refractivity contribution in [1.29, 1.82) is 0 Å². The fourth-order valence-electron chi connectivity index (χ4n) is 0.658. The molecule has 1 aliphatic rings. The van der Waals surface area contributed by atoms with Crippen LogP contribution in [0.2, 0.25) is 0 Å². The quantitative estimate of drug-likeness (QED) is 0.444. The molecule has 0 bridgehead atoms. The molecule has 60 valence electrons. The summed E-state index contributed by atoms with van der Waals surface area (Å²) in [6.45, 7) is 5.76. The summed E-state index contributed by atoms with van der Waals surface area (Å²) in [6.07, 6.45) is 0. The van der Waals surface area contributed by atoms with Crippen molar-refractivity contribution in [3.63, 3.8) is 0 Å². The Morgan fingerprint density at radius 2 is 2.20 bits per heavy atom. The molecule has 1 amide bonds. The van der Waals surface area contributed by atoms with E-state index < -0.39 is 0 Å². The van der Waals surface area contributed by atoms with Crippen molar-refractivity contribution in [1.82, 2.24) is 10.3 Å². The third-order valence-corrected chi connectivity index (χ3v) is 1.07. The van der Waals surface area contributed by atoms with Gasteiger partial charge in [-0.25, -0.2) is 5.01 Å². The van der Waals surface area contributed by atoms with Crippen LogP contribution in [-0.2, 0) is 4.79 Å². The van der Waals surface area contributed by atoms with Crippen molar-refractivity contribution in [3.05, 3.63) is 0 Å². The summed E-state index contributed by atoms with van der Waals surface area (Å²) in [7, 11) is 0. The van der Waals surface area contributed by atoms with E-state index in [-0.39, 0.29) is 5.91 Å². The van der Waals surface area contributed by atoms with Crippen LogP contribution in [0.25, 0.3) is 0 Å². The Morgan fingerprint density at radius 3 is 2.50 bits per heavy atom. The van der Waals surface area contributed by atoms with Crippen LogP contribution in [0.1, 0.15) is 13.8 Å². The highest BCUT2D eigenvalue weighted by atomic mass is 16.2. The normalized spacial score (nSPS) is 18.9. The summed E-state index contributed by atoms with van der Waals surface area (Å²) in [5.74, 6) is 5.31. The van der Waals surface area contributed by atoms with E-state index in [9.17, 15) is 4.79 Å². The SMILES string of the molecule is CC.NN1CCNC(=O)C1. The number of rotatable bonds is 0. The van der Waals surface area contributed by atoms with E-state index in [1.165, 1.54) is 5.01 Å². The van der Waals surface area contributed by atoms with E-state index in [1.807, 2.05) is 13.8 Å². The van der Waals surface area contributed by atoms with Gasteiger partial charge in [0, 0.05) is 13.1 Å². The van der Waals surface area contributed by atoms with Crippen molar-refractivity contribution in [3.8, 4) is 0 Å². The molecular formula is C6H15N3O. The van der Waals surface area contributed by atoms with Crippen molar-refractivity contribution >= 4 is 5.91 Å². The van der Waals surface area contributed by atoms with Gasteiger partial charge in [-0.1, -0.05) is 13.8 Å². The molecule has 1 heterocycles. The van der Waals surface area contributed by atoms with E-state index >= 15 is 0 Å². The number of nitrogens with two attached hydrogens (primary N) is 1. The fraction of sp³-hybridized carbons (Fsp3) is 0.833. The van der Waals surface area contributed by atoms with Crippen LogP contribution in [0, 0.1) is 0 Å². The first-order valence-electron chi connectivity index (χ1n) is 3.55. The van der Waals surface area contributed by atoms with Gasteiger partial charge in [0.25, 0.3) is 0 Å². The van der Waals surface area contributed by atoms with Gasteiger partial charge in [-0.2, -0.15) is 0 Å². The second-order valence-corrected chi connectivity index (χ2v) is 1.82. The lowest BCUT2D eigenvalue weighted by Gasteiger charge is -2.20. The van der Waals surface area contributed by atoms with Gasteiger partial charge in [-0.05, 0) is 0 Å². The zero-order valence-electron chi connectivity index (χ0n) is 6.55. The Balaban J connectivity index is 0.000000371. The van der Waals surface area contributed by atoms with Crippen molar-refractivity contribution < 1.29 is 4.79 Å². The number of nitrogens with one attached hydrogen (secondary N) is 1. The van der Waals surface area contributed by atoms with Gasteiger partial charge >= 0.3 is 0 Å². The van der Waals surface area contributed by atoms with Crippen LogP contribution in [0.3, 0.4) is 0 Å². The monoisotopic (exact) mass is 145 g/mol. The zero-order chi connectivity index (χ0) is 7.98. The summed E-state index contributed by atoms with van der Waals surface area (Å²) < 4.78 is 0. The van der Waals surface area contributed by atoms with E-state index in [0.29, 0.717) is 13.1 Å². The maximum Gasteiger partial charge on any atom is 0.235 e. The molecule has 0 aromatic rings. The molecule has 0 aliphatic carbocycles. The third-order valence-electron chi connectivity index (χ3n) is 1.07. The molecule has 1 aliphatic heterocycles. The van der Waals surface area contributed by atoms with Gasteiger partial charge in [0.2, 0.25) is 5.91 Å². The lowest BCUT2D eigenvalue weighted by atomic mass is 10.4. The average Bonchev–Trinajstić information content (AvgIpc) is 1.91. The highest BCUT2D eigenvalue weighted by Gasteiger charge is 2.10. The molecule has 0 radical (unpaired) electrons. The summed E-state index contributed by atoms with van der Waals surface area (Å²) in [5, 5.41) is 4.15. The average molecular weight is 145 g/mol. The first-order valence-corrected chi connectivity index (χ1v) is 3.55. The van der Waals surface area contributed by atoms with Gasteiger partial charge < -0.3 is 5.32 Å². The summed E-state index contributed by atoms with van der Waals surface area (Å²) in [5.41, 5.74) is 0. The zero-order valence-corrected chi connectivity index (χ0v) is 6.55. The number of hydrogen-bond acceptors (Lipinski definition) is 3. The molecule has 10 heavy (non-hydrogen) atoms. The molecule has 1 fully saturated rings. The molecule has 0 spiro atoms. The topological polar surface area (TPSA) is 58.4 Å². The molecule has 1 rings (SSSR count). The van der Waals surface area contributed by atoms with Gasteiger partial charge in [-0.3, -0.25) is 10.6 Å². The smallest absolute Gasteiger partial charge is 0.235 e. The second-order valence-electron chi connectivity index (χ2n) is 1.82. The van der Waals surface area contributed by atoms with Crippen LogP contribution in [0.4, 0.5) is 0 Å². The van der Waals surface area contributed by atoms with Crippen molar-refractivity contribution in [2.24, 2.45) is 5.84 Å². The number of hydrazine groups is 1. The predicted molar refractivity (Wildman–Crippen MR) is 40.1 cm³/mol. The summed E-state index contributed by atoms with van der Waals surface area (Å²) in [6, 6.07) is 0. The first kappa shape index (κ1) is 9.39. The molecule has 4 nitrogen and oxygen atoms in total. The Labute approximate surface area is 61.3 Å². The molecule has 1 saturated heterocycles. The van der Waals surface area contributed by atoms with Crippen LogP contribution in [-0.4, -0.2) is 30.6 Å². The largest absolute Gasteiger partial charge is 0.354 e. The Hall–Kier alpha value is -0.610. The van der Waals surface area contributed by atoms with Crippen LogP contribution in [0.15, 0.2) is 0 Å². The fourth-order valence-corrected chi connectivity index (χ4v) is 0.658. The highest BCUT2D eigenvalue weighted by Crippen LogP contribution is 1.82. The maximum absolute atomic E-state index is 10.4. The number of amides is 1. The van der Waals surface area contributed by atoms with Crippen LogP contribution < -0.4 is 11.2 Å². The lowest BCUT2D eigenvalue weighted by Crippen LogP contribution is -2.50. The minimum Gasteiger partial charge on any atom is -0.354 e. The maximum atomic E-state index is 10.4. The molecular weight excluding hydrogens is 130 g/mol. The third kappa shape index (κ3) is 3.42. The Morgan fingerprint density at radius 1 is 1.60 bits per heavy atom. The first-order chi connectivity index (χ1) is 4.79. The number of carbonyl (C=O) groups excluding carboxylic acids is 1. The van der Waals surface area contributed by atoms with E-state index in [2.05, 4.69) is 5.32 Å². The summed E-state index contributed by atoms with van der Waals surface area (Å²) in [4.78, 5) is 10.4. The van der Waals surface area contributed by atoms with E-state index in [0.717, 1.165) is 6.54 Å².